The largest absolute Gasteiger partial charge is 0.379 e. The fraction of sp³-hybridized carbons (Fsp3) is 0.300. The van der Waals surface area contributed by atoms with E-state index in [0.717, 1.165) is 6.07 Å². The number of amidine groups is 1. The van der Waals surface area contributed by atoms with Crippen LogP contribution in [0.1, 0.15) is 23.2 Å². The molecule has 2 N–H and O–H groups in total. The maximum Gasteiger partial charge on any atom is 0.164 e. The average molecular weight is 450 g/mol. The van der Waals surface area contributed by atoms with Crippen molar-refractivity contribution >= 4 is 39.6 Å². The Labute approximate surface area is 179 Å². The zero-order valence-electron chi connectivity index (χ0n) is 15.4. The van der Waals surface area contributed by atoms with Crippen molar-refractivity contribution in [1.29, 1.82) is 0 Å². The smallest absolute Gasteiger partial charge is 0.164 e. The van der Waals surface area contributed by atoms with Crippen molar-refractivity contribution in [2.75, 3.05) is 6.67 Å². The highest BCUT2D eigenvalue weighted by Gasteiger charge is 2.58. The molecule has 10 heteroatoms. The molecule has 3 atom stereocenters. The highest BCUT2D eigenvalue weighted by molar-refractivity contribution is 8.14. The summed E-state index contributed by atoms with van der Waals surface area (Å²) in [5.74, 6) is -2.37. The molecule has 3 aromatic rings. The first-order chi connectivity index (χ1) is 14.4. The van der Waals surface area contributed by atoms with Gasteiger partial charge in [-0.05, 0) is 30.2 Å². The number of pyridine rings is 1. The first kappa shape index (κ1) is 19.6. The SMILES string of the molecule is NC1=N[C@](CF)(c2cc(Cc3ncnc4cc(Cl)cnc34)cc(F)c2F)[C@@H]2C[C@@H]2S1. The minimum Gasteiger partial charge on any atom is -0.379 e. The second-order valence-electron chi connectivity index (χ2n) is 7.46. The third-order valence-electron chi connectivity index (χ3n) is 5.57. The summed E-state index contributed by atoms with van der Waals surface area (Å²) < 4.78 is 43.7. The van der Waals surface area contributed by atoms with Crippen LogP contribution in [0.2, 0.25) is 5.02 Å². The molecule has 0 bridgehead atoms. The second kappa shape index (κ2) is 7.09. The third kappa shape index (κ3) is 3.11. The first-order valence-corrected chi connectivity index (χ1v) is 10.5. The van der Waals surface area contributed by atoms with Gasteiger partial charge in [-0.25, -0.2) is 28.1 Å². The van der Waals surface area contributed by atoms with Gasteiger partial charge in [0.2, 0.25) is 0 Å². The molecular weight excluding hydrogens is 435 g/mol. The first-order valence-electron chi connectivity index (χ1n) is 9.23. The molecule has 0 radical (unpaired) electrons. The lowest BCUT2D eigenvalue weighted by Crippen LogP contribution is -2.37. The van der Waals surface area contributed by atoms with Crippen molar-refractivity contribution in [3.8, 4) is 0 Å². The molecule has 1 aliphatic heterocycles. The van der Waals surface area contributed by atoms with Gasteiger partial charge < -0.3 is 5.73 Å². The Morgan fingerprint density at radius 1 is 1.20 bits per heavy atom. The van der Waals surface area contributed by atoms with Crippen LogP contribution in [0.15, 0.2) is 35.7 Å². The molecule has 2 aromatic heterocycles. The number of hydrogen-bond acceptors (Lipinski definition) is 6. The molecule has 5 rings (SSSR count). The highest BCUT2D eigenvalue weighted by atomic mass is 35.5. The maximum atomic E-state index is 14.8. The topological polar surface area (TPSA) is 77.0 Å². The Kier molecular flexibility index (Phi) is 4.62. The summed E-state index contributed by atoms with van der Waals surface area (Å²) in [6.07, 6.45) is 3.64. The van der Waals surface area contributed by atoms with Gasteiger partial charge in [0.1, 0.15) is 24.1 Å². The van der Waals surface area contributed by atoms with Gasteiger partial charge in [0.15, 0.2) is 16.8 Å². The highest BCUT2D eigenvalue weighted by Crippen LogP contribution is 2.58. The number of rotatable bonds is 4. The summed E-state index contributed by atoms with van der Waals surface area (Å²) in [6, 6.07) is 4.20. The molecule has 1 aromatic carbocycles. The lowest BCUT2D eigenvalue weighted by atomic mass is 9.84. The van der Waals surface area contributed by atoms with Gasteiger partial charge in [-0.3, -0.25) is 4.98 Å². The molecule has 1 fully saturated rings. The van der Waals surface area contributed by atoms with Crippen molar-refractivity contribution < 1.29 is 13.2 Å². The van der Waals surface area contributed by atoms with Crippen molar-refractivity contribution in [2.45, 2.75) is 23.6 Å². The van der Waals surface area contributed by atoms with E-state index in [2.05, 4.69) is 19.9 Å². The van der Waals surface area contributed by atoms with E-state index in [1.54, 1.807) is 6.07 Å². The fourth-order valence-electron chi connectivity index (χ4n) is 4.08. The van der Waals surface area contributed by atoms with Gasteiger partial charge in [0.25, 0.3) is 0 Å². The second-order valence-corrected chi connectivity index (χ2v) is 9.16. The van der Waals surface area contributed by atoms with Crippen LogP contribution < -0.4 is 5.73 Å². The fourth-order valence-corrected chi connectivity index (χ4v) is 5.45. The van der Waals surface area contributed by atoms with Gasteiger partial charge in [-0.15, -0.1) is 0 Å². The summed E-state index contributed by atoms with van der Waals surface area (Å²) in [5, 5.41) is 0.695. The van der Waals surface area contributed by atoms with Gasteiger partial charge in [-0.2, -0.15) is 0 Å². The Balaban J connectivity index is 1.61. The summed E-state index contributed by atoms with van der Waals surface area (Å²) in [6.45, 7) is -0.953. The lowest BCUT2D eigenvalue weighted by Gasteiger charge is -2.32. The number of hydrogen-bond donors (Lipinski definition) is 1. The van der Waals surface area contributed by atoms with Crippen LogP contribution in [0, 0.1) is 17.6 Å². The van der Waals surface area contributed by atoms with E-state index in [4.69, 9.17) is 17.3 Å². The van der Waals surface area contributed by atoms with Crippen LogP contribution in [0.4, 0.5) is 13.2 Å². The number of fused-ring (bicyclic) bond motifs is 2. The number of aromatic nitrogens is 3. The standard InChI is InChI=1S/C20H15ClF3N5S/c21-10-4-15-18(26-6-10)14(27-8-28-15)3-9-1-12(17(24)13(23)2-9)20(7-22)11-5-16(11)30-19(25)29-20/h1-2,4,6,8,11,16H,3,5,7H2,(H2,25,29)/t11-,16+,20+/m1/s1. The van der Waals surface area contributed by atoms with Crippen LogP contribution in [0.5, 0.6) is 0 Å². The van der Waals surface area contributed by atoms with E-state index in [1.807, 2.05) is 0 Å². The van der Waals surface area contributed by atoms with Gasteiger partial charge in [0, 0.05) is 29.3 Å². The Bertz CT molecular complexity index is 1210. The van der Waals surface area contributed by atoms with Crippen LogP contribution in [-0.2, 0) is 12.0 Å². The maximum absolute atomic E-state index is 14.8. The zero-order chi connectivity index (χ0) is 21.0. The van der Waals surface area contributed by atoms with Gasteiger partial charge in [0.05, 0.1) is 16.2 Å². The van der Waals surface area contributed by atoms with Crippen LogP contribution in [-0.4, -0.2) is 32.0 Å². The third-order valence-corrected chi connectivity index (χ3v) is 6.94. The number of halogens is 4. The minimum atomic E-state index is -1.50. The number of nitrogens with two attached hydrogens (primary N) is 1. The molecule has 0 amide bonds. The predicted molar refractivity (Wildman–Crippen MR) is 110 cm³/mol. The average Bonchev–Trinajstić information content (AvgIpc) is 3.49. The van der Waals surface area contributed by atoms with Crippen molar-refractivity contribution in [1.82, 2.24) is 15.0 Å². The monoisotopic (exact) mass is 449 g/mol. The predicted octanol–water partition coefficient (Wildman–Crippen LogP) is 4.16. The van der Waals surface area contributed by atoms with Crippen LogP contribution in [0.3, 0.4) is 0 Å². The summed E-state index contributed by atoms with van der Waals surface area (Å²) >= 11 is 7.32. The molecule has 3 heterocycles. The number of alkyl halides is 1. The van der Waals surface area contributed by atoms with E-state index in [0.29, 0.717) is 33.7 Å². The minimum absolute atomic E-state index is 0.0733. The molecule has 0 unspecified atom stereocenters. The summed E-state index contributed by atoms with van der Waals surface area (Å²) in [5.41, 5.74) is 6.25. The van der Waals surface area contributed by atoms with Gasteiger partial charge >= 0.3 is 0 Å². The van der Waals surface area contributed by atoms with E-state index in [-0.39, 0.29) is 28.3 Å². The van der Waals surface area contributed by atoms with E-state index >= 15 is 0 Å². The van der Waals surface area contributed by atoms with Crippen LogP contribution in [0.25, 0.3) is 11.0 Å². The molecule has 2 aliphatic rings. The molecule has 154 valence electrons. The van der Waals surface area contributed by atoms with Crippen molar-refractivity contribution in [2.24, 2.45) is 16.6 Å². The number of thioether (sulfide) groups is 1. The number of benzene rings is 1. The molecule has 5 nitrogen and oxygen atoms in total. The Morgan fingerprint density at radius 2 is 2.03 bits per heavy atom. The molecule has 1 saturated carbocycles. The molecule has 0 saturated heterocycles. The van der Waals surface area contributed by atoms with Crippen molar-refractivity contribution in [3.05, 3.63) is 64.2 Å². The lowest BCUT2D eigenvalue weighted by molar-refractivity contribution is 0.268. The van der Waals surface area contributed by atoms with Gasteiger partial charge in [-0.1, -0.05) is 23.4 Å². The molecule has 0 spiro atoms. The van der Waals surface area contributed by atoms with Crippen LogP contribution >= 0.6 is 23.4 Å². The number of aliphatic imine (C=N–C) groups is 1. The molecule has 30 heavy (non-hydrogen) atoms. The summed E-state index contributed by atoms with van der Waals surface area (Å²) in [7, 11) is 0. The zero-order valence-corrected chi connectivity index (χ0v) is 17.0. The van der Waals surface area contributed by atoms with E-state index < -0.39 is 23.8 Å². The Morgan fingerprint density at radius 3 is 2.83 bits per heavy atom. The molecule has 1 aliphatic carbocycles. The quantitative estimate of drug-likeness (QED) is 0.647. The Hall–Kier alpha value is -2.39. The van der Waals surface area contributed by atoms with E-state index in [9.17, 15) is 13.2 Å². The number of nitrogens with zero attached hydrogens (tertiary/aromatic N) is 4. The molecular formula is C20H15ClF3N5S. The summed E-state index contributed by atoms with van der Waals surface area (Å²) in [4.78, 5) is 16.9. The normalized spacial score (nSPS) is 25.1. The van der Waals surface area contributed by atoms with Crippen molar-refractivity contribution in [3.63, 3.8) is 0 Å². The van der Waals surface area contributed by atoms with E-state index in [1.165, 1.54) is 30.4 Å².